The number of hydrogen-bond donors (Lipinski definition) is 0. The number of para-hydroxylation sites is 1. The SMILES string of the molecule is CC1(C)c2ccccc2-c2cc3c(cc21)c1sc2ccccc2c1n3-c1cccc(-c2nc3ccccc3c3c4c(ccc23)C2(c3ccccc3-c3ccccc32)c2ccccc2-4)c1. The fraction of sp³-hybridized carbons (Fsp3) is 0.0656. The Morgan fingerprint density at radius 3 is 1.84 bits per heavy atom. The normalized spacial score (nSPS) is 14.7. The summed E-state index contributed by atoms with van der Waals surface area (Å²) < 4.78 is 5.18. The van der Waals surface area contributed by atoms with E-state index in [4.69, 9.17) is 4.98 Å². The van der Waals surface area contributed by atoms with Gasteiger partial charge in [0.25, 0.3) is 0 Å². The fourth-order valence-electron chi connectivity index (χ4n) is 12.6. The summed E-state index contributed by atoms with van der Waals surface area (Å²) >= 11 is 1.91. The summed E-state index contributed by atoms with van der Waals surface area (Å²) in [5, 5.41) is 6.22. The van der Waals surface area contributed by atoms with Crippen LogP contribution in [0.3, 0.4) is 0 Å². The molecule has 0 aliphatic heterocycles. The Hall–Kier alpha value is -7.59. The summed E-state index contributed by atoms with van der Waals surface area (Å²) in [6, 6.07) is 72.9. The maximum Gasteiger partial charge on any atom is 0.0789 e. The van der Waals surface area contributed by atoms with Crippen molar-refractivity contribution in [3.8, 4) is 50.3 Å². The monoisotopic (exact) mass is 830 g/mol. The summed E-state index contributed by atoms with van der Waals surface area (Å²) in [4.78, 5) is 5.58. The van der Waals surface area contributed by atoms with Crippen molar-refractivity contribution in [2.45, 2.75) is 24.7 Å². The van der Waals surface area contributed by atoms with Crippen molar-refractivity contribution in [3.05, 3.63) is 228 Å². The third-order valence-corrected chi connectivity index (χ3v) is 16.4. The zero-order valence-corrected chi connectivity index (χ0v) is 36.1. The molecule has 298 valence electrons. The van der Waals surface area contributed by atoms with Gasteiger partial charge >= 0.3 is 0 Å². The third kappa shape index (κ3) is 4.15. The summed E-state index contributed by atoms with van der Waals surface area (Å²) in [5.41, 5.74) is 22.4. The first-order valence-corrected chi connectivity index (χ1v) is 23.2. The lowest BCUT2D eigenvalue weighted by molar-refractivity contribution is 0.661. The van der Waals surface area contributed by atoms with Crippen LogP contribution in [-0.2, 0) is 10.8 Å². The van der Waals surface area contributed by atoms with Crippen LogP contribution in [0, 0.1) is 0 Å². The van der Waals surface area contributed by atoms with Crippen molar-refractivity contribution in [2.24, 2.45) is 0 Å². The molecule has 1 spiro atoms. The molecule has 0 saturated carbocycles. The van der Waals surface area contributed by atoms with Gasteiger partial charge in [-0.05, 0) is 103 Å². The summed E-state index contributed by atoms with van der Waals surface area (Å²) in [6.45, 7) is 4.76. The van der Waals surface area contributed by atoms with Crippen LogP contribution in [0.2, 0.25) is 0 Å². The van der Waals surface area contributed by atoms with Crippen molar-refractivity contribution in [1.82, 2.24) is 9.55 Å². The molecule has 15 rings (SSSR count). The lowest BCUT2D eigenvalue weighted by Gasteiger charge is -2.30. The van der Waals surface area contributed by atoms with Crippen LogP contribution in [0.25, 0.3) is 103 Å². The molecule has 0 amide bonds. The Kier molecular flexibility index (Phi) is 6.61. The van der Waals surface area contributed by atoms with E-state index in [1.165, 1.54) is 114 Å². The van der Waals surface area contributed by atoms with Crippen LogP contribution >= 0.6 is 11.3 Å². The van der Waals surface area contributed by atoms with Crippen LogP contribution < -0.4 is 0 Å². The summed E-state index contributed by atoms with van der Waals surface area (Å²) in [5.74, 6) is 0. The Morgan fingerprint density at radius 2 is 1.08 bits per heavy atom. The molecule has 3 aromatic heterocycles. The van der Waals surface area contributed by atoms with Gasteiger partial charge in [0.15, 0.2) is 0 Å². The smallest absolute Gasteiger partial charge is 0.0789 e. The molecule has 3 aliphatic rings. The first-order chi connectivity index (χ1) is 31.5. The van der Waals surface area contributed by atoms with E-state index in [1.54, 1.807) is 0 Å². The van der Waals surface area contributed by atoms with E-state index < -0.39 is 5.41 Å². The first kappa shape index (κ1) is 34.9. The fourth-order valence-corrected chi connectivity index (χ4v) is 13.8. The van der Waals surface area contributed by atoms with Crippen molar-refractivity contribution >= 4 is 64.2 Å². The number of hydrogen-bond acceptors (Lipinski definition) is 2. The molecular weight excluding hydrogens is 793 g/mol. The van der Waals surface area contributed by atoms with E-state index in [-0.39, 0.29) is 5.41 Å². The van der Waals surface area contributed by atoms with Gasteiger partial charge in [-0.15, -0.1) is 11.3 Å². The molecule has 9 aromatic carbocycles. The van der Waals surface area contributed by atoms with Crippen LogP contribution in [0.4, 0.5) is 0 Å². The van der Waals surface area contributed by atoms with Crippen LogP contribution in [0.5, 0.6) is 0 Å². The predicted molar refractivity (Wildman–Crippen MR) is 268 cm³/mol. The van der Waals surface area contributed by atoms with Crippen molar-refractivity contribution < 1.29 is 0 Å². The summed E-state index contributed by atoms with van der Waals surface area (Å²) in [6.07, 6.45) is 0. The molecular formula is C61H38N2S. The van der Waals surface area contributed by atoms with Crippen molar-refractivity contribution in [2.75, 3.05) is 0 Å². The second-order valence-electron chi connectivity index (χ2n) is 18.5. The van der Waals surface area contributed by atoms with Gasteiger partial charge in [-0.2, -0.15) is 0 Å². The number of aromatic nitrogens is 2. The molecule has 12 aromatic rings. The molecule has 0 saturated heterocycles. The van der Waals surface area contributed by atoms with Gasteiger partial charge in [0.05, 0.1) is 32.4 Å². The number of fused-ring (bicyclic) bond motifs is 22. The van der Waals surface area contributed by atoms with Gasteiger partial charge in [-0.25, -0.2) is 4.98 Å². The van der Waals surface area contributed by atoms with Gasteiger partial charge < -0.3 is 4.57 Å². The van der Waals surface area contributed by atoms with E-state index in [2.05, 4.69) is 213 Å². The standard InChI is InChI=1S/C61H38N2S/c1-60(2)46-24-9-3-20-39(46)44-34-53-45(33-51(44)60)59-58(42-23-8-14-29-54(42)64-59)63(53)36-17-15-16-35(32-36)57-43-30-31-50-56(55(43)41-22-7-13-28-52(41)62-57)40-21-6-12-27-49(40)61(50)47-25-10-4-18-37(47)38-19-5-11-26-48(38)61/h3-34H,1-2H3. The van der Waals surface area contributed by atoms with E-state index in [1.807, 2.05) is 11.3 Å². The molecule has 2 nitrogen and oxygen atoms in total. The van der Waals surface area contributed by atoms with Gasteiger partial charge in [-0.3, -0.25) is 0 Å². The molecule has 0 atom stereocenters. The molecule has 0 bridgehead atoms. The van der Waals surface area contributed by atoms with E-state index in [0.29, 0.717) is 0 Å². The highest BCUT2D eigenvalue weighted by molar-refractivity contribution is 7.26. The topological polar surface area (TPSA) is 17.8 Å². The number of benzene rings is 9. The van der Waals surface area contributed by atoms with Gasteiger partial charge in [0.1, 0.15) is 0 Å². The second-order valence-corrected chi connectivity index (χ2v) is 19.6. The number of thiophene rings is 1. The molecule has 0 N–H and O–H groups in total. The maximum atomic E-state index is 5.58. The average molecular weight is 831 g/mol. The molecule has 0 radical (unpaired) electrons. The molecule has 3 heterocycles. The van der Waals surface area contributed by atoms with Crippen molar-refractivity contribution in [3.63, 3.8) is 0 Å². The summed E-state index contributed by atoms with van der Waals surface area (Å²) in [7, 11) is 0. The lowest BCUT2D eigenvalue weighted by atomic mass is 9.70. The Labute approximate surface area is 374 Å². The van der Waals surface area contributed by atoms with Crippen LogP contribution in [0.15, 0.2) is 194 Å². The molecule has 0 fully saturated rings. The molecule has 3 aliphatic carbocycles. The third-order valence-electron chi connectivity index (χ3n) is 15.2. The Balaban J connectivity index is 1.02. The molecule has 64 heavy (non-hydrogen) atoms. The number of pyridine rings is 1. The minimum Gasteiger partial charge on any atom is -0.308 e. The second kappa shape index (κ2) is 12.1. The number of nitrogens with zero attached hydrogens (tertiary/aromatic N) is 2. The first-order valence-electron chi connectivity index (χ1n) is 22.4. The van der Waals surface area contributed by atoms with E-state index >= 15 is 0 Å². The average Bonchev–Trinajstić information content (AvgIpc) is 4.10. The molecule has 3 heteroatoms. The minimum atomic E-state index is -0.419. The Bertz CT molecular complexity index is 4020. The van der Waals surface area contributed by atoms with Crippen molar-refractivity contribution in [1.29, 1.82) is 0 Å². The van der Waals surface area contributed by atoms with E-state index in [0.717, 1.165) is 22.5 Å². The lowest BCUT2D eigenvalue weighted by Crippen LogP contribution is -2.25. The zero-order chi connectivity index (χ0) is 42.1. The van der Waals surface area contributed by atoms with Crippen LogP contribution in [0.1, 0.15) is 47.2 Å². The highest BCUT2D eigenvalue weighted by Gasteiger charge is 2.52. The van der Waals surface area contributed by atoms with E-state index in [9.17, 15) is 0 Å². The highest BCUT2D eigenvalue weighted by atomic mass is 32.1. The Morgan fingerprint density at radius 1 is 0.453 bits per heavy atom. The maximum absolute atomic E-state index is 5.58. The highest BCUT2D eigenvalue weighted by Crippen LogP contribution is 2.64. The predicted octanol–water partition coefficient (Wildman–Crippen LogP) is 16.0. The quantitative estimate of drug-likeness (QED) is 0.159. The van der Waals surface area contributed by atoms with Gasteiger partial charge in [-0.1, -0.05) is 172 Å². The zero-order valence-electron chi connectivity index (χ0n) is 35.3. The largest absolute Gasteiger partial charge is 0.308 e. The van der Waals surface area contributed by atoms with Crippen LogP contribution in [-0.4, -0.2) is 9.55 Å². The van der Waals surface area contributed by atoms with Gasteiger partial charge in [0.2, 0.25) is 0 Å². The minimum absolute atomic E-state index is 0.0845. The number of rotatable bonds is 2. The molecule has 0 unspecified atom stereocenters. The van der Waals surface area contributed by atoms with Gasteiger partial charge in [0, 0.05) is 48.3 Å².